The molecule has 5 nitrogen and oxygen atoms in total. The minimum Gasteiger partial charge on any atom is -0.497 e. The first-order valence-electron chi connectivity index (χ1n) is 5.25. The molecule has 0 aromatic heterocycles. The molecule has 1 amide bonds. The molecule has 0 aliphatic rings. The molecular weight excluding hydrogens is 222 g/mol. The first-order chi connectivity index (χ1) is 8.17. The van der Waals surface area contributed by atoms with Crippen LogP contribution in [-0.4, -0.2) is 32.1 Å². The van der Waals surface area contributed by atoms with E-state index in [1.54, 1.807) is 31.2 Å². The fourth-order valence-corrected chi connectivity index (χ4v) is 1.23. The number of benzene rings is 1. The number of amides is 1. The van der Waals surface area contributed by atoms with Crippen molar-refractivity contribution in [2.75, 3.05) is 20.3 Å². The molecule has 0 spiro atoms. The summed E-state index contributed by atoms with van der Waals surface area (Å²) in [4.78, 5) is 22.7. The van der Waals surface area contributed by atoms with Crippen LogP contribution < -0.4 is 10.1 Å². The van der Waals surface area contributed by atoms with Gasteiger partial charge in [-0.3, -0.25) is 9.59 Å². The molecule has 0 heterocycles. The number of hydrogen-bond donors (Lipinski definition) is 1. The number of ether oxygens (including phenoxy) is 2. The van der Waals surface area contributed by atoms with E-state index in [0.29, 0.717) is 17.9 Å². The zero-order valence-corrected chi connectivity index (χ0v) is 9.86. The van der Waals surface area contributed by atoms with Crippen molar-refractivity contribution in [3.63, 3.8) is 0 Å². The molecule has 1 rings (SSSR count). The molecule has 0 saturated heterocycles. The van der Waals surface area contributed by atoms with Crippen molar-refractivity contribution < 1.29 is 19.1 Å². The fraction of sp³-hybridized carbons (Fsp3) is 0.333. The highest BCUT2D eigenvalue weighted by Gasteiger charge is 2.08. The zero-order chi connectivity index (χ0) is 12.7. The molecule has 1 aromatic carbocycles. The summed E-state index contributed by atoms with van der Waals surface area (Å²) in [5.41, 5.74) is 0.439. The summed E-state index contributed by atoms with van der Waals surface area (Å²) in [6.07, 6.45) is 0. The van der Waals surface area contributed by atoms with Crippen LogP contribution in [-0.2, 0) is 9.53 Å². The van der Waals surface area contributed by atoms with Crippen LogP contribution in [0.1, 0.15) is 17.3 Å². The number of esters is 1. The molecule has 1 N–H and O–H groups in total. The third-order valence-electron chi connectivity index (χ3n) is 2.03. The molecule has 0 fully saturated rings. The van der Waals surface area contributed by atoms with Crippen LogP contribution in [0.3, 0.4) is 0 Å². The summed E-state index contributed by atoms with van der Waals surface area (Å²) >= 11 is 0. The Kier molecular flexibility index (Phi) is 5.00. The van der Waals surface area contributed by atoms with Crippen LogP contribution in [0.5, 0.6) is 5.75 Å². The lowest BCUT2D eigenvalue weighted by Gasteiger charge is -2.06. The molecular formula is C12H15NO4. The predicted octanol–water partition coefficient (Wildman–Crippen LogP) is 0.988. The third kappa shape index (κ3) is 4.14. The van der Waals surface area contributed by atoms with Gasteiger partial charge in [-0.15, -0.1) is 0 Å². The number of hydrogen-bond acceptors (Lipinski definition) is 4. The summed E-state index contributed by atoms with van der Waals surface area (Å²) in [5, 5.41) is 2.47. The molecule has 0 atom stereocenters. The molecule has 0 bridgehead atoms. The number of rotatable bonds is 5. The zero-order valence-electron chi connectivity index (χ0n) is 9.86. The van der Waals surface area contributed by atoms with Gasteiger partial charge in [-0.2, -0.15) is 0 Å². The van der Waals surface area contributed by atoms with Crippen LogP contribution in [0.25, 0.3) is 0 Å². The molecule has 0 unspecified atom stereocenters. The van der Waals surface area contributed by atoms with E-state index in [4.69, 9.17) is 9.47 Å². The van der Waals surface area contributed by atoms with Gasteiger partial charge in [0.05, 0.1) is 13.7 Å². The summed E-state index contributed by atoms with van der Waals surface area (Å²) in [6.45, 7) is 1.87. The highest BCUT2D eigenvalue weighted by Crippen LogP contribution is 2.12. The van der Waals surface area contributed by atoms with Crippen molar-refractivity contribution in [1.82, 2.24) is 5.32 Å². The monoisotopic (exact) mass is 237 g/mol. The van der Waals surface area contributed by atoms with Gasteiger partial charge >= 0.3 is 5.97 Å². The Hall–Kier alpha value is -2.04. The minimum atomic E-state index is -0.455. The molecule has 17 heavy (non-hydrogen) atoms. The standard InChI is InChI=1S/C12H15NO4/c1-3-17-11(14)8-13-12(15)9-5-4-6-10(7-9)16-2/h4-7H,3,8H2,1-2H3,(H,13,15). The second kappa shape index (κ2) is 6.52. The maximum Gasteiger partial charge on any atom is 0.325 e. The molecule has 5 heteroatoms. The van der Waals surface area contributed by atoms with Crippen molar-refractivity contribution in [2.24, 2.45) is 0 Å². The van der Waals surface area contributed by atoms with Crippen molar-refractivity contribution >= 4 is 11.9 Å². The van der Waals surface area contributed by atoms with Gasteiger partial charge in [0.2, 0.25) is 0 Å². The third-order valence-corrected chi connectivity index (χ3v) is 2.03. The highest BCUT2D eigenvalue weighted by molar-refractivity contribution is 5.96. The smallest absolute Gasteiger partial charge is 0.325 e. The van der Waals surface area contributed by atoms with Crippen molar-refractivity contribution in [3.05, 3.63) is 29.8 Å². The van der Waals surface area contributed by atoms with Gasteiger partial charge in [0.25, 0.3) is 5.91 Å². The molecule has 92 valence electrons. The second-order valence-electron chi connectivity index (χ2n) is 3.22. The van der Waals surface area contributed by atoms with E-state index in [1.807, 2.05) is 0 Å². The number of carbonyl (C=O) groups is 2. The first-order valence-corrected chi connectivity index (χ1v) is 5.25. The molecule has 1 aromatic rings. The molecule has 0 saturated carbocycles. The molecule has 0 aliphatic carbocycles. The number of nitrogens with one attached hydrogen (secondary N) is 1. The van der Waals surface area contributed by atoms with E-state index in [0.717, 1.165) is 0 Å². The van der Waals surface area contributed by atoms with Gasteiger partial charge in [-0.25, -0.2) is 0 Å². The van der Waals surface area contributed by atoms with Crippen molar-refractivity contribution in [2.45, 2.75) is 6.92 Å². The summed E-state index contributed by atoms with van der Waals surface area (Å²) in [5.74, 6) is -0.200. The van der Waals surface area contributed by atoms with Gasteiger partial charge in [0.1, 0.15) is 12.3 Å². The lowest BCUT2D eigenvalue weighted by atomic mass is 10.2. The average molecular weight is 237 g/mol. The second-order valence-corrected chi connectivity index (χ2v) is 3.22. The Morgan fingerprint density at radius 1 is 1.35 bits per heavy atom. The maximum atomic E-state index is 11.6. The van der Waals surface area contributed by atoms with Gasteiger partial charge in [-0.05, 0) is 25.1 Å². The van der Waals surface area contributed by atoms with Gasteiger partial charge in [0.15, 0.2) is 0 Å². The van der Waals surface area contributed by atoms with Crippen LogP contribution in [0.15, 0.2) is 24.3 Å². The number of methoxy groups -OCH3 is 1. The Balaban J connectivity index is 2.54. The van der Waals surface area contributed by atoms with E-state index >= 15 is 0 Å². The summed E-state index contributed by atoms with van der Waals surface area (Å²) in [7, 11) is 1.52. The average Bonchev–Trinajstić information content (AvgIpc) is 2.36. The van der Waals surface area contributed by atoms with Gasteiger partial charge < -0.3 is 14.8 Å². The van der Waals surface area contributed by atoms with Crippen LogP contribution >= 0.6 is 0 Å². The largest absolute Gasteiger partial charge is 0.497 e. The van der Waals surface area contributed by atoms with E-state index in [-0.39, 0.29) is 12.5 Å². The Bertz CT molecular complexity index is 403. The van der Waals surface area contributed by atoms with Crippen LogP contribution in [0.2, 0.25) is 0 Å². The topological polar surface area (TPSA) is 64.6 Å². The van der Waals surface area contributed by atoms with Crippen molar-refractivity contribution in [1.29, 1.82) is 0 Å². The van der Waals surface area contributed by atoms with E-state index in [9.17, 15) is 9.59 Å². The lowest BCUT2D eigenvalue weighted by Crippen LogP contribution is -2.30. The number of carbonyl (C=O) groups excluding carboxylic acids is 2. The molecule has 0 radical (unpaired) electrons. The van der Waals surface area contributed by atoms with E-state index < -0.39 is 5.97 Å². The Labute approximate surface area is 99.7 Å². The van der Waals surface area contributed by atoms with Gasteiger partial charge in [0, 0.05) is 5.56 Å². The SMILES string of the molecule is CCOC(=O)CNC(=O)c1cccc(OC)c1. The quantitative estimate of drug-likeness (QED) is 0.775. The van der Waals surface area contributed by atoms with Crippen molar-refractivity contribution in [3.8, 4) is 5.75 Å². The summed E-state index contributed by atoms with van der Waals surface area (Å²) < 4.78 is 9.69. The minimum absolute atomic E-state index is 0.135. The predicted molar refractivity (Wildman–Crippen MR) is 62.0 cm³/mol. The normalized spacial score (nSPS) is 9.53. The Morgan fingerprint density at radius 3 is 2.76 bits per heavy atom. The maximum absolute atomic E-state index is 11.6. The van der Waals surface area contributed by atoms with E-state index in [2.05, 4.69) is 5.32 Å². The fourth-order valence-electron chi connectivity index (χ4n) is 1.23. The molecule has 0 aliphatic heterocycles. The highest BCUT2D eigenvalue weighted by atomic mass is 16.5. The lowest BCUT2D eigenvalue weighted by molar-refractivity contribution is -0.141. The first kappa shape index (κ1) is 13.0. The summed E-state index contributed by atoms with van der Waals surface area (Å²) in [6, 6.07) is 6.68. The van der Waals surface area contributed by atoms with Gasteiger partial charge in [-0.1, -0.05) is 6.07 Å². The van der Waals surface area contributed by atoms with Crippen LogP contribution in [0, 0.1) is 0 Å². The van der Waals surface area contributed by atoms with Crippen LogP contribution in [0.4, 0.5) is 0 Å². The van der Waals surface area contributed by atoms with E-state index in [1.165, 1.54) is 7.11 Å². The Morgan fingerprint density at radius 2 is 2.12 bits per heavy atom.